The van der Waals surface area contributed by atoms with Crippen molar-refractivity contribution in [3.05, 3.63) is 64.8 Å². The molecule has 1 nitrogen and oxygen atoms in total. The molecule has 0 saturated heterocycles. The number of hydrogen-bond acceptors (Lipinski definition) is 1. The van der Waals surface area contributed by atoms with Crippen molar-refractivity contribution in [2.45, 2.75) is 31.8 Å². The number of hydrogen-bond donors (Lipinski definition) is 0. The van der Waals surface area contributed by atoms with Gasteiger partial charge in [0.1, 0.15) is 11.9 Å². The van der Waals surface area contributed by atoms with Crippen molar-refractivity contribution in [3.8, 4) is 5.75 Å². The lowest BCUT2D eigenvalue weighted by atomic mass is 9.81. The van der Waals surface area contributed by atoms with Gasteiger partial charge in [0.05, 0.1) is 0 Å². The maximum absolute atomic E-state index is 6.25. The number of aryl methyl sites for hydroxylation is 1. The Labute approximate surface area is 107 Å². The first-order chi connectivity index (χ1) is 8.84. The zero-order chi connectivity index (χ0) is 12.1. The molecule has 0 N–H and O–H groups in total. The molecular formula is C17H16O. The van der Waals surface area contributed by atoms with Crippen LogP contribution in [0.25, 0.3) is 0 Å². The summed E-state index contributed by atoms with van der Waals surface area (Å²) in [6, 6.07) is 6.47. The summed E-state index contributed by atoms with van der Waals surface area (Å²) in [5.74, 6) is 1.51. The summed E-state index contributed by atoms with van der Waals surface area (Å²) in [4.78, 5) is 0. The fraction of sp³-hybridized carbons (Fsp3) is 0.294. The molecule has 0 radical (unpaired) electrons. The van der Waals surface area contributed by atoms with Gasteiger partial charge in [-0.25, -0.2) is 0 Å². The lowest BCUT2D eigenvalue weighted by Crippen LogP contribution is -2.24. The third-order valence-electron chi connectivity index (χ3n) is 4.23. The van der Waals surface area contributed by atoms with E-state index in [1.807, 2.05) is 0 Å². The Kier molecular flexibility index (Phi) is 2.05. The van der Waals surface area contributed by atoms with Crippen LogP contribution in [0.5, 0.6) is 5.75 Å². The Morgan fingerprint density at radius 1 is 1.22 bits per heavy atom. The smallest absolute Gasteiger partial charge is 0.134 e. The molecule has 18 heavy (non-hydrogen) atoms. The van der Waals surface area contributed by atoms with Gasteiger partial charge in [0.2, 0.25) is 0 Å². The van der Waals surface area contributed by atoms with Gasteiger partial charge in [-0.1, -0.05) is 42.5 Å². The Bertz CT molecular complexity index is 604. The molecule has 1 aliphatic heterocycles. The third-order valence-corrected chi connectivity index (χ3v) is 4.23. The highest BCUT2D eigenvalue weighted by atomic mass is 16.5. The van der Waals surface area contributed by atoms with Crippen LogP contribution in [0.3, 0.4) is 0 Å². The standard InChI is InChI=1S/C17H16O/c1-11-5-4-8-14-15-10-9-12-6-2-3-7-13(12)17(15)18-16(11)14/h3-5,7-10,15,17H,2,6H2,1H3/t15?,17-/m1/s1. The second-order valence-electron chi connectivity index (χ2n) is 5.34. The second-order valence-corrected chi connectivity index (χ2v) is 5.34. The molecule has 4 rings (SSSR count). The Morgan fingerprint density at radius 2 is 2.17 bits per heavy atom. The van der Waals surface area contributed by atoms with E-state index in [9.17, 15) is 0 Å². The summed E-state index contributed by atoms with van der Waals surface area (Å²) in [6.07, 6.45) is 11.7. The van der Waals surface area contributed by atoms with Crippen molar-refractivity contribution < 1.29 is 4.74 Å². The van der Waals surface area contributed by atoms with Crippen LogP contribution in [-0.2, 0) is 0 Å². The summed E-state index contributed by atoms with van der Waals surface area (Å²) in [6.45, 7) is 2.13. The second kappa shape index (κ2) is 3.61. The van der Waals surface area contributed by atoms with Crippen LogP contribution in [0.1, 0.15) is 29.9 Å². The molecule has 0 fully saturated rings. The van der Waals surface area contributed by atoms with Gasteiger partial charge in [-0.05, 0) is 36.5 Å². The average Bonchev–Trinajstić information content (AvgIpc) is 2.79. The van der Waals surface area contributed by atoms with E-state index < -0.39 is 0 Å². The van der Waals surface area contributed by atoms with E-state index in [0.29, 0.717) is 5.92 Å². The number of para-hydroxylation sites is 1. The van der Waals surface area contributed by atoms with Crippen molar-refractivity contribution in [1.82, 2.24) is 0 Å². The van der Waals surface area contributed by atoms with Crippen molar-refractivity contribution in [2.24, 2.45) is 0 Å². The van der Waals surface area contributed by atoms with E-state index in [-0.39, 0.29) is 6.10 Å². The molecule has 90 valence electrons. The van der Waals surface area contributed by atoms with Crippen LogP contribution in [-0.4, -0.2) is 6.10 Å². The first-order valence-corrected chi connectivity index (χ1v) is 6.68. The van der Waals surface area contributed by atoms with Crippen molar-refractivity contribution in [2.75, 3.05) is 0 Å². The van der Waals surface area contributed by atoms with Crippen LogP contribution < -0.4 is 4.74 Å². The lowest BCUT2D eigenvalue weighted by Gasteiger charge is -2.26. The van der Waals surface area contributed by atoms with Crippen LogP contribution in [0.15, 0.2) is 53.6 Å². The van der Waals surface area contributed by atoms with Gasteiger partial charge in [-0.2, -0.15) is 0 Å². The summed E-state index contributed by atoms with van der Waals surface area (Å²) < 4.78 is 6.25. The van der Waals surface area contributed by atoms with Gasteiger partial charge in [-0.15, -0.1) is 0 Å². The van der Waals surface area contributed by atoms with E-state index in [1.165, 1.54) is 22.3 Å². The van der Waals surface area contributed by atoms with E-state index in [0.717, 1.165) is 18.6 Å². The summed E-state index contributed by atoms with van der Waals surface area (Å²) >= 11 is 0. The molecule has 1 aromatic carbocycles. The highest BCUT2D eigenvalue weighted by Crippen LogP contribution is 2.47. The number of fused-ring (bicyclic) bond motifs is 4. The molecule has 1 heterocycles. The van der Waals surface area contributed by atoms with Crippen LogP contribution in [0.2, 0.25) is 0 Å². The quantitative estimate of drug-likeness (QED) is 0.660. The molecule has 1 unspecified atom stereocenters. The highest BCUT2D eigenvalue weighted by molar-refractivity contribution is 5.56. The van der Waals surface area contributed by atoms with E-state index in [1.54, 1.807) is 0 Å². The Hall–Kier alpha value is -1.76. The van der Waals surface area contributed by atoms with Gasteiger partial charge in [0, 0.05) is 11.5 Å². The zero-order valence-corrected chi connectivity index (χ0v) is 10.5. The SMILES string of the molecule is Cc1cccc2c1O[C@@H]1C3=C(C=CC21)CCC=C3. The minimum Gasteiger partial charge on any atom is -0.484 e. The lowest BCUT2D eigenvalue weighted by molar-refractivity contribution is 0.256. The van der Waals surface area contributed by atoms with Crippen molar-refractivity contribution in [3.63, 3.8) is 0 Å². The predicted molar refractivity (Wildman–Crippen MR) is 72.9 cm³/mol. The van der Waals surface area contributed by atoms with Gasteiger partial charge >= 0.3 is 0 Å². The molecule has 0 saturated carbocycles. The molecule has 0 spiro atoms. The van der Waals surface area contributed by atoms with E-state index >= 15 is 0 Å². The molecule has 2 atom stereocenters. The monoisotopic (exact) mass is 236 g/mol. The van der Waals surface area contributed by atoms with E-state index in [2.05, 4.69) is 49.4 Å². The molecule has 0 bridgehead atoms. The molecule has 2 aliphatic carbocycles. The first-order valence-electron chi connectivity index (χ1n) is 6.68. The van der Waals surface area contributed by atoms with Gasteiger partial charge in [0.15, 0.2) is 0 Å². The van der Waals surface area contributed by atoms with E-state index in [4.69, 9.17) is 4.74 Å². The van der Waals surface area contributed by atoms with Gasteiger partial charge in [-0.3, -0.25) is 0 Å². The number of benzene rings is 1. The topological polar surface area (TPSA) is 9.23 Å². The maximum Gasteiger partial charge on any atom is 0.134 e. The van der Waals surface area contributed by atoms with Gasteiger partial charge in [0.25, 0.3) is 0 Å². The van der Waals surface area contributed by atoms with Crippen molar-refractivity contribution >= 4 is 0 Å². The fourth-order valence-corrected chi connectivity index (χ4v) is 3.30. The minimum absolute atomic E-state index is 0.206. The largest absolute Gasteiger partial charge is 0.484 e. The summed E-state index contributed by atoms with van der Waals surface area (Å²) in [7, 11) is 0. The van der Waals surface area contributed by atoms with Crippen LogP contribution in [0, 0.1) is 6.92 Å². The number of rotatable bonds is 0. The number of allylic oxidation sites excluding steroid dienone is 3. The maximum atomic E-state index is 6.25. The Morgan fingerprint density at radius 3 is 3.11 bits per heavy atom. The average molecular weight is 236 g/mol. The molecule has 0 amide bonds. The molecule has 1 heteroatoms. The minimum atomic E-state index is 0.206. The highest BCUT2D eigenvalue weighted by Gasteiger charge is 2.38. The summed E-state index contributed by atoms with van der Waals surface area (Å²) in [5, 5.41) is 0. The van der Waals surface area contributed by atoms with Gasteiger partial charge < -0.3 is 4.74 Å². The normalized spacial score (nSPS) is 27.6. The molecular weight excluding hydrogens is 220 g/mol. The van der Waals surface area contributed by atoms with Crippen LogP contribution in [0.4, 0.5) is 0 Å². The molecule has 3 aliphatic rings. The predicted octanol–water partition coefficient (Wildman–Crippen LogP) is 4.06. The zero-order valence-electron chi connectivity index (χ0n) is 10.5. The third kappa shape index (κ3) is 1.28. The summed E-state index contributed by atoms with van der Waals surface area (Å²) in [5.41, 5.74) is 5.45. The molecule has 0 aromatic heterocycles. The van der Waals surface area contributed by atoms with Crippen molar-refractivity contribution in [1.29, 1.82) is 0 Å². The number of ether oxygens (including phenoxy) is 1. The fourth-order valence-electron chi connectivity index (χ4n) is 3.30. The Balaban J connectivity index is 1.84. The van der Waals surface area contributed by atoms with Crippen LogP contribution >= 0.6 is 0 Å². The molecule has 1 aromatic rings. The first kappa shape index (κ1) is 10.2.